The van der Waals surface area contributed by atoms with Crippen LogP contribution in [0.1, 0.15) is 34.6 Å². The maximum atomic E-state index is 13.5. The molecule has 0 atom stereocenters. The number of carbonyl (C=O) groups excluding carboxylic acids is 1. The van der Waals surface area contributed by atoms with Crippen molar-refractivity contribution in [1.29, 1.82) is 0 Å². The Balaban J connectivity index is 2.05. The number of hydrogen-bond acceptors (Lipinski definition) is 3. The van der Waals surface area contributed by atoms with Crippen molar-refractivity contribution in [3.63, 3.8) is 0 Å². The summed E-state index contributed by atoms with van der Waals surface area (Å²) in [7, 11) is 0. The zero-order valence-electron chi connectivity index (χ0n) is 13.6. The van der Waals surface area contributed by atoms with E-state index in [9.17, 15) is 23.1 Å². The fraction of sp³-hybridized carbons (Fsp3) is 0.412. The molecule has 2 aromatic rings. The van der Waals surface area contributed by atoms with Gasteiger partial charge in [0.05, 0.1) is 23.0 Å². The number of aromatic nitrogens is 2. The molecule has 134 valence electrons. The predicted molar refractivity (Wildman–Crippen MR) is 84.4 cm³/mol. The molecule has 1 aromatic heterocycles. The molecule has 1 saturated heterocycles. The van der Waals surface area contributed by atoms with Crippen molar-refractivity contribution in [1.82, 2.24) is 14.7 Å². The highest BCUT2D eigenvalue weighted by Crippen LogP contribution is 2.34. The van der Waals surface area contributed by atoms with Crippen molar-refractivity contribution < 1.29 is 23.1 Å². The average molecular weight is 353 g/mol. The van der Waals surface area contributed by atoms with Gasteiger partial charge in [-0.05, 0) is 31.9 Å². The van der Waals surface area contributed by atoms with Gasteiger partial charge >= 0.3 is 6.18 Å². The summed E-state index contributed by atoms with van der Waals surface area (Å²) in [6.45, 7) is 1.92. The van der Waals surface area contributed by atoms with Crippen molar-refractivity contribution in [3.05, 3.63) is 47.3 Å². The van der Waals surface area contributed by atoms with E-state index >= 15 is 0 Å². The summed E-state index contributed by atoms with van der Waals surface area (Å²) in [5.74, 6) is -0.695. The van der Waals surface area contributed by atoms with Gasteiger partial charge in [-0.1, -0.05) is 18.2 Å². The molecule has 1 aromatic carbocycles. The van der Waals surface area contributed by atoms with Gasteiger partial charge < -0.3 is 10.0 Å². The zero-order valence-corrected chi connectivity index (χ0v) is 13.6. The molecule has 0 aliphatic carbocycles. The summed E-state index contributed by atoms with van der Waals surface area (Å²) in [6, 6.07) is 8.39. The van der Waals surface area contributed by atoms with Gasteiger partial charge in [0.2, 0.25) is 0 Å². The van der Waals surface area contributed by atoms with E-state index in [4.69, 9.17) is 0 Å². The molecule has 8 heteroatoms. The number of amides is 1. The summed E-state index contributed by atoms with van der Waals surface area (Å²) in [5.41, 5.74) is -0.994. The van der Waals surface area contributed by atoms with Gasteiger partial charge in [-0.25, -0.2) is 4.68 Å². The SMILES string of the molecule is Cc1c(C(=O)N2CCC(O)CC2)c(C(F)(F)F)nn1-c1ccccc1. The lowest BCUT2D eigenvalue weighted by Crippen LogP contribution is -2.40. The third-order valence-electron chi connectivity index (χ3n) is 4.35. The van der Waals surface area contributed by atoms with E-state index in [1.807, 2.05) is 0 Å². The lowest BCUT2D eigenvalue weighted by molar-refractivity contribution is -0.141. The molecule has 0 spiro atoms. The Labute approximate surface area is 142 Å². The van der Waals surface area contributed by atoms with Crippen molar-refractivity contribution in [3.8, 4) is 5.69 Å². The van der Waals surface area contributed by atoms with E-state index in [1.54, 1.807) is 30.3 Å². The van der Waals surface area contributed by atoms with Crippen LogP contribution in [0, 0.1) is 6.92 Å². The van der Waals surface area contributed by atoms with E-state index in [0.29, 0.717) is 18.5 Å². The molecular weight excluding hydrogens is 335 g/mol. The second kappa shape index (κ2) is 6.51. The number of halogens is 3. The monoisotopic (exact) mass is 353 g/mol. The summed E-state index contributed by atoms with van der Waals surface area (Å²) in [4.78, 5) is 14.1. The Hall–Kier alpha value is -2.35. The van der Waals surface area contributed by atoms with E-state index in [-0.39, 0.29) is 18.8 Å². The number of benzene rings is 1. The van der Waals surface area contributed by atoms with E-state index in [2.05, 4.69) is 5.10 Å². The van der Waals surface area contributed by atoms with Gasteiger partial charge in [0.1, 0.15) is 0 Å². The van der Waals surface area contributed by atoms with Crippen LogP contribution < -0.4 is 0 Å². The van der Waals surface area contributed by atoms with Crippen LogP contribution in [0.25, 0.3) is 5.69 Å². The highest BCUT2D eigenvalue weighted by Gasteiger charge is 2.42. The Bertz CT molecular complexity index is 763. The fourth-order valence-electron chi connectivity index (χ4n) is 3.00. The van der Waals surface area contributed by atoms with Crippen molar-refractivity contribution in [2.75, 3.05) is 13.1 Å². The maximum absolute atomic E-state index is 13.5. The smallest absolute Gasteiger partial charge is 0.393 e. The summed E-state index contributed by atoms with van der Waals surface area (Å²) >= 11 is 0. The minimum Gasteiger partial charge on any atom is -0.393 e. The minimum atomic E-state index is -4.73. The Morgan fingerprint density at radius 2 is 1.80 bits per heavy atom. The van der Waals surface area contributed by atoms with Crippen LogP contribution in [-0.4, -0.2) is 44.9 Å². The topological polar surface area (TPSA) is 58.4 Å². The molecule has 0 bridgehead atoms. The van der Waals surface area contributed by atoms with E-state index in [1.165, 1.54) is 11.8 Å². The number of piperidine rings is 1. The third kappa shape index (κ3) is 3.39. The second-order valence-electron chi connectivity index (χ2n) is 6.08. The van der Waals surface area contributed by atoms with Gasteiger partial charge in [0, 0.05) is 13.1 Å². The first-order valence-corrected chi connectivity index (χ1v) is 7.98. The zero-order chi connectivity index (χ0) is 18.2. The highest BCUT2D eigenvalue weighted by molar-refractivity contribution is 5.97. The maximum Gasteiger partial charge on any atom is 0.435 e. The fourth-order valence-corrected chi connectivity index (χ4v) is 3.00. The first-order chi connectivity index (χ1) is 11.8. The van der Waals surface area contributed by atoms with Gasteiger partial charge in [-0.15, -0.1) is 0 Å². The standard InChI is InChI=1S/C17H18F3N3O2/c1-11-14(16(25)22-9-7-13(24)8-10-22)15(17(18,19)20)21-23(11)12-5-3-2-4-6-12/h2-6,13,24H,7-10H2,1H3. The Morgan fingerprint density at radius 3 is 2.36 bits per heavy atom. The molecule has 5 nitrogen and oxygen atoms in total. The van der Waals surface area contributed by atoms with Crippen molar-refractivity contribution in [2.24, 2.45) is 0 Å². The summed E-state index contributed by atoms with van der Waals surface area (Å²) < 4.78 is 41.5. The largest absolute Gasteiger partial charge is 0.435 e. The second-order valence-corrected chi connectivity index (χ2v) is 6.08. The normalized spacial score (nSPS) is 16.3. The number of carbonyl (C=O) groups is 1. The Morgan fingerprint density at radius 1 is 1.20 bits per heavy atom. The number of rotatable bonds is 2. The highest BCUT2D eigenvalue weighted by atomic mass is 19.4. The van der Waals surface area contributed by atoms with Crippen molar-refractivity contribution >= 4 is 5.91 Å². The van der Waals surface area contributed by atoms with Gasteiger partial charge in [-0.3, -0.25) is 4.79 Å². The average Bonchev–Trinajstić information content (AvgIpc) is 2.93. The third-order valence-corrected chi connectivity index (χ3v) is 4.35. The minimum absolute atomic E-state index is 0.148. The van der Waals surface area contributed by atoms with Crippen LogP contribution in [0.4, 0.5) is 13.2 Å². The van der Waals surface area contributed by atoms with Crippen LogP contribution in [0.2, 0.25) is 0 Å². The number of alkyl halides is 3. The van der Waals surface area contributed by atoms with Crippen LogP contribution >= 0.6 is 0 Å². The molecule has 2 heterocycles. The van der Waals surface area contributed by atoms with Crippen LogP contribution in [0.3, 0.4) is 0 Å². The van der Waals surface area contributed by atoms with Gasteiger partial charge in [-0.2, -0.15) is 18.3 Å². The molecule has 1 N–H and O–H groups in total. The number of likely N-dealkylation sites (tertiary alicyclic amines) is 1. The van der Waals surface area contributed by atoms with Crippen molar-refractivity contribution in [2.45, 2.75) is 32.0 Å². The molecule has 1 aliphatic heterocycles. The lowest BCUT2D eigenvalue weighted by atomic mass is 10.1. The molecule has 0 saturated carbocycles. The first-order valence-electron chi connectivity index (χ1n) is 7.98. The molecular formula is C17H18F3N3O2. The molecule has 25 heavy (non-hydrogen) atoms. The molecule has 3 rings (SSSR count). The molecule has 0 unspecified atom stereocenters. The molecule has 1 fully saturated rings. The van der Waals surface area contributed by atoms with E-state index < -0.39 is 29.4 Å². The van der Waals surface area contributed by atoms with Crippen LogP contribution in [-0.2, 0) is 6.18 Å². The number of aliphatic hydroxyl groups is 1. The molecule has 1 aliphatic rings. The number of para-hydroxylation sites is 1. The number of hydrogen-bond donors (Lipinski definition) is 1. The number of aliphatic hydroxyl groups excluding tert-OH is 1. The van der Waals surface area contributed by atoms with E-state index in [0.717, 1.165) is 4.68 Å². The number of nitrogens with zero attached hydrogens (tertiary/aromatic N) is 3. The quantitative estimate of drug-likeness (QED) is 0.903. The first kappa shape index (κ1) is 17.5. The lowest BCUT2D eigenvalue weighted by Gasteiger charge is -2.29. The summed E-state index contributed by atoms with van der Waals surface area (Å²) in [6.07, 6.45) is -4.53. The predicted octanol–water partition coefficient (Wildman–Crippen LogP) is 2.80. The summed E-state index contributed by atoms with van der Waals surface area (Å²) in [5, 5.41) is 13.2. The Kier molecular flexibility index (Phi) is 4.55. The van der Waals surface area contributed by atoms with Gasteiger partial charge in [0.25, 0.3) is 5.91 Å². The van der Waals surface area contributed by atoms with Crippen LogP contribution in [0.5, 0.6) is 0 Å². The molecule has 1 amide bonds. The van der Waals surface area contributed by atoms with Gasteiger partial charge in [0.15, 0.2) is 5.69 Å². The van der Waals surface area contributed by atoms with Crippen LogP contribution in [0.15, 0.2) is 30.3 Å². The molecule has 0 radical (unpaired) electrons.